The average molecular weight is 318 g/mol. The van der Waals surface area contributed by atoms with Crippen LogP contribution in [0.1, 0.15) is 6.92 Å². The number of aliphatic hydroxyl groups is 1. The molecule has 6 nitrogen and oxygen atoms in total. The van der Waals surface area contributed by atoms with Crippen molar-refractivity contribution in [2.75, 3.05) is 19.0 Å². The predicted molar refractivity (Wildman–Crippen MR) is 72.7 cm³/mol. The number of nitrogens with zero attached hydrogens (tertiary/aromatic N) is 2. The van der Waals surface area contributed by atoms with Crippen LogP contribution in [0.25, 0.3) is 0 Å². The fourth-order valence-corrected chi connectivity index (χ4v) is 1.80. The van der Waals surface area contributed by atoms with Gasteiger partial charge in [-0.05, 0) is 28.9 Å². The summed E-state index contributed by atoms with van der Waals surface area (Å²) in [5, 5.41) is 11.6. The molecule has 100 valence electrons. The summed E-state index contributed by atoms with van der Waals surface area (Å²) in [4.78, 5) is 24.7. The molecule has 0 saturated carbocycles. The molecular formula is C11H16BrN3O3. The number of hydrogen-bond donors (Lipinski definition) is 2. The van der Waals surface area contributed by atoms with Gasteiger partial charge in [0.2, 0.25) is 0 Å². The van der Waals surface area contributed by atoms with Crippen LogP contribution >= 0.6 is 15.9 Å². The van der Waals surface area contributed by atoms with Crippen molar-refractivity contribution in [3.8, 4) is 0 Å². The Morgan fingerprint density at radius 1 is 1.67 bits per heavy atom. The summed E-state index contributed by atoms with van der Waals surface area (Å²) in [5.41, 5.74) is 0.330. The van der Waals surface area contributed by atoms with Crippen LogP contribution in [0.15, 0.2) is 21.5 Å². The standard InChI is InChI=1S/C11H16BrN3O3/c1-7(6-16)15(3)11(18)13-8-4-9(12)10(17)14(2)5-8/h4-5,7,16H,6H2,1-3H3,(H,13,18). The quantitative estimate of drug-likeness (QED) is 0.873. The van der Waals surface area contributed by atoms with E-state index in [-0.39, 0.29) is 24.2 Å². The Bertz CT molecular complexity index is 475. The molecule has 1 atom stereocenters. The Kier molecular flexibility index (Phi) is 4.92. The van der Waals surface area contributed by atoms with E-state index in [2.05, 4.69) is 21.2 Å². The van der Waals surface area contributed by atoms with E-state index < -0.39 is 0 Å². The molecule has 1 aromatic rings. The molecule has 0 saturated heterocycles. The van der Waals surface area contributed by atoms with Gasteiger partial charge in [0, 0.05) is 20.3 Å². The number of carbonyl (C=O) groups excluding carboxylic acids is 1. The molecule has 1 aromatic heterocycles. The van der Waals surface area contributed by atoms with Crippen molar-refractivity contribution >= 4 is 27.6 Å². The highest BCUT2D eigenvalue weighted by Gasteiger charge is 2.15. The molecule has 0 radical (unpaired) electrons. The van der Waals surface area contributed by atoms with Crippen molar-refractivity contribution in [1.82, 2.24) is 9.47 Å². The number of carbonyl (C=O) groups is 1. The van der Waals surface area contributed by atoms with Gasteiger partial charge in [-0.3, -0.25) is 4.79 Å². The van der Waals surface area contributed by atoms with Gasteiger partial charge < -0.3 is 19.9 Å². The van der Waals surface area contributed by atoms with E-state index in [0.29, 0.717) is 10.2 Å². The molecule has 2 amide bonds. The Morgan fingerprint density at radius 2 is 2.28 bits per heavy atom. The molecule has 2 N–H and O–H groups in total. The van der Waals surface area contributed by atoms with Gasteiger partial charge in [0.25, 0.3) is 5.56 Å². The molecule has 18 heavy (non-hydrogen) atoms. The second-order valence-corrected chi connectivity index (χ2v) is 4.92. The molecule has 0 aliphatic heterocycles. The third-order valence-corrected chi connectivity index (χ3v) is 3.20. The maximum absolute atomic E-state index is 11.8. The molecule has 7 heteroatoms. The van der Waals surface area contributed by atoms with E-state index in [0.717, 1.165) is 0 Å². The second kappa shape index (κ2) is 6.01. The van der Waals surface area contributed by atoms with Crippen LogP contribution in [0.4, 0.5) is 10.5 Å². The number of halogens is 1. The Morgan fingerprint density at radius 3 is 2.78 bits per heavy atom. The number of aryl methyl sites for hydroxylation is 1. The van der Waals surface area contributed by atoms with E-state index in [1.165, 1.54) is 21.7 Å². The van der Waals surface area contributed by atoms with E-state index in [9.17, 15) is 9.59 Å². The van der Waals surface area contributed by atoms with Crippen molar-refractivity contribution < 1.29 is 9.90 Å². The van der Waals surface area contributed by atoms with Gasteiger partial charge in [-0.15, -0.1) is 0 Å². The zero-order valence-electron chi connectivity index (χ0n) is 10.5. The molecule has 0 aliphatic carbocycles. The molecule has 0 aromatic carbocycles. The lowest BCUT2D eigenvalue weighted by atomic mass is 10.3. The largest absolute Gasteiger partial charge is 0.394 e. The van der Waals surface area contributed by atoms with E-state index >= 15 is 0 Å². The molecule has 1 rings (SSSR count). The zero-order valence-corrected chi connectivity index (χ0v) is 12.1. The topological polar surface area (TPSA) is 74.6 Å². The number of amides is 2. The van der Waals surface area contributed by atoms with Crippen molar-refractivity contribution in [2.45, 2.75) is 13.0 Å². The minimum absolute atomic E-state index is 0.110. The second-order valence-electron chi connectivity index (χ2n) is 4.07. The van der Waals surface area contributed by atoms with Crippen LogP contribution in [-0.4, -0.2) is 40.3 Å². The molecule has 0 spiro atoms. The summed E-state index contributed by atoms with van der Waals surface area (Å²) < 4.78 is 1.75. The first-order chi connectivity index (χ1) is 8.36. The number of nitrogens with one attached hydrogen (secondary N) is 1. The van der Waals surface area contributed by atoms with E-state index in [1.54, 1.807) is 21.0 Å². The lowest BCUT2D eigenvalue weighted by Crippen LogP contribution is -2.40. The highest BCUT2D eigenvalue weighted by atomic mass is 79.9. The Hall–Kier alpha value is -1.34. The number of hydrogen-bond acceptors (Lipinski definition) is 3. The molecule has 0 aliphatic rings. The van der Waals surface area contributed by atoms with E-state index in [1.807, 2.05) is 0 Å². The van der Waals surface area contributed by atoms with Crippen LogP contribution in [0.2, 0.25) is 0 Å². The number of aromatic nitrogens is 1. The molecule has 0 fully saturated rings. The molecular weight excluding hydrogens is 302 g/mol. The first-order valence-electron chi connectivity index (χ1n) is 5.37. The maximum atomic E-state index is 11.8. The van der Waals surface area contributed by atoms with Crippen molar-refractivity contribution in [3.05, 3.63) is 27.1 Å². The summed E-state index contributed by atoms with van der Waals surface area (Å²) in [6.07, 6.45) is 1.53. The van der Waals surface area contributed by atoms with Gasteiger partial charge in [0.15, 0.2) is 0 Å². The van der Waals surface area contributed by atoms with Crippen LogP contribution in [0.5, 0.6) is 0 Å². The van der Waals surface area contributed by atoms with Gasteiger partial charge in [-0.25, -0.2) is 4.79 Å². The summed E-state index contributed by atoms with van der Waals surface area (Å²) in [7, 11) is 3.19. The third-order valence-electron chi connectivity index (χ3n) is 2.64. The third kappa shape index (κ3) is 3.33. The van der Waals surface area contributed by atoms with Crippen molar-refractivity contribution in [1.29, 1.82) is 0 Å². The first kappa shape index (κ1) is 14.7. The molecule has 1 heterocycles. The summed E-state index contributed by atoms with van der Waals surface area (Å²) in [6, 6.07) is 0.917. The lowest BCUT2D eigenvalue weighted by molar-refractivity contribution is 0.166. The van der Waals surface area contributed by atoms with Crippen molar-refractivity contribution in [2.24, 2.45) is 7.05 Å². The monoisotopic (exact) mass is 317 g/mol. The van der Waals surface area contributed by atoms with Crippen LogP contribution < -0.4 is 10.9 Å². The fourth-order valence-electron chi connectivity index (χ4n) is 1.27. The predicted octanol–water partition coefficient (Wildman–Crippen LogP) is 0.992. The first-order valence-corrected chi connectivity index (χ1v) is 6.17. The Labute approximate surface area is 113 Å². The minimum atomic E-state index is -0.345. The highest BCUT2D eigenvalue weighted by molar-refractivity contribution is 9.10. The number of anilines is 1. The summed E-state index contributed by atoms with van der Waals surface area (Å²) in [6.45, 7) is 1.62. The maximum Gasteiger partial charge on any atom is 0.321 e. The number of aliphatic hydroxyl groups excluding tert-OH is 1. The number of likely N-dealkylation sites (N-methyl/N-ethyl adjacent to an activating group) is 1. The summed E-state index contributed by atoms with van der Waals surface area (Å²) in [5.74, 6) is 0. The van der Waals surface area contributed by atoms with Gasteiger partial charge in [-0.2, -0.15) is 0 Å². The zero-order chi connectivity index (χ0) is 13.9. The van der Waals surface area contributed by atoms with Gasteiger partial charge in [-0.1, -0.05) is 0 Å². The van der Waals surface area contributed by atoms with Gasteiger partial charge >= 0.3 is 6.03 Å². The van der Waals surface area contributed by atoms with Crippen LogP contribution in [0.3, 0.4) is 0 Å². The lowest BCUT2D eigenvalue weighted by Gasteiger charge is -2.23. The van der Waals surface area contributed by atoms with Crippen LogP contribution in [0, 0.1) is 0 Å². The average Bonchev–Trinajstić information content (AvgIpc) is 2.33. The van der Waals surface area contributed by atoms with Gasteiger partial charge in [0.05, 0.1) is 22.8 Å². The number of pyridine rings is 1. The number of urea groups is 1. The Balaban J connectivity index is 2.86. The van der Waals surface area contributed by atoms with Crippen LogP contribution in [-0.2, 0) is 7.05 Å². The highest BCUT2D eigenvalue weighted by Crippen LogP contribution is 2.12. The van der Waals surface area contributed by atoms with Crippen molar-refractivity contribution in [3.63, 3.8) is 0 Å². The summed E-state index contributed by atoms with van der Waals surface area (Å²) >= 11 is 3.13. The molecule has 1 unspecified atom stereocenters. The minimum Gasteiger partial charge on any atom is -0.394 e. The number of rotatable bonds is 3. The SMILES string of the molecule is CC(CO)N(C)C(=O)Nc1cc(Br)c(=O)n(C)c1. The smallest absolute Gasteiger partial charge is 0.321 e. The molecule has 0 bridgehead atoms. The normalized spacial score (nSPS) is 12.1. The van der Waals surface area contributed by atoms with E-state index in [4.69, 9.17) is 5.11 Å². The van der Waals surface area contributed by atoms with Gasteiger partial charge in [0.1, 0.15) is 0 Å². The fraction of sp³-hybridized carbons (Fsp3) is 0.455.